The highest BCUT2D eigenvalue weighted by Crippen LogP contribution is 2.64. The lowest BCUT2D eigenvalue weighted by atomic mass is 9.54. The predicted molar refractivity (Wildman–Crippen MR) is 233 cm³/mol. The van der Waals surface area contributed by atoms with E-state index in [0.29, 0.717) is 0 Å². The van der Waals surface area contributed by atoms with Gasteiger partial charge in [0.2, 0.25) is 0 Å². The molecule has 0 saturated heterocycles. The van der Waals surface area contributed by atoms with Gasteiger partial charge in [-0.3, -0.25) is 0 Å². The van der Waals surface area contributed by atoms with Crippen LogP contribution in [0.15, 0.2) is 175 Å². The van der Waals surface area contributed by atoms with Crippen LogP contribution >= 0.6 is 0 Å². The van der Waals surface area contributed by atoms with Crippen LogP contribution < -0.4 is 0 Å². The van der Waals surface area contributed by atoms with Gasteiger partial charge in [0, 0.05) is 16.5 Å². The molecule has 4 aliphatic rings. The number of fused-ring (bicyclic) bond motifs is 9. The van der Waals surface area contributed by atoms with Gasteiger partial charge in [-0.15, -0.1) is 0 Å². The molecular weight excluding hydrogens is 675 g/mol. The number of hydrogen-bond acceptors (Lipinski definition) is 1. The number of aryl methyl sites for hydroxylation is 1. The summed E-state index contributed by atoms with van der Waals surface area (Å²) in [5.74, 6) is 0. The molecule has 0 bridgehead atoms. The van der Waals surface area contributed by atoms with E-state index in [1.54, 1.807) is 0 Å². The van der Waals surface area contributed by atoms with Gasteiger partial charge >= 0.3 is 0 Å². The molecule has 6 aromatic carbocycles. The second-order valence-electron chi connectivity index (χ2n) is 16.4. The highest BCUT2D eigenvalue weighted by molar-refractivity contribution is 6.02. The average Bonchev–Trinajstić information content (AvgIpc) is 3.56. The van der Waals surface area contributed by atoms with Gasteiger partial charge < -0.3 is 0 Å². The van der Waals surface area contributed by atoms with E-state index in [2.05, 4.69) is 190 Å². The van der Waals surface area contributed by atoms with Crippen molar-refractivity contribution in [1.29, 1.82) is 0 Å². The number of aromatic nitrogens is 1. The fourth-order valence-corrected chi connectivity index (χ4v) is 10.7. The molecule has 268 valence electrons. The van der Waals surface area contributed by atoms with Crippen LogP contribution in [0.1, 0.15) is 83.2 Å². The van der Waals surface area contributed by atoms with Crippen molar-refractivity contribution in [2.24, 2.45) is 0 Å². The van der Waals surface area contributed by atoms with Gasteiger partial charge in [-0.25, -0.2) is 4.98 Å². The molecule has 0 unspecified atom stereocenters. The summed E-state index contributed by atoms with van der Waals surface area (Å²) < 4.78 is 0. The van der Waals surface area contributed by atoms with Gasteiger partial charge in [0.1, 0.15) is 0 Å². The van der Waals surface area contributed by atoms with Crippen molar-refractivity contribution < 1.29 is 0 Å². The summed E-state index contributed by atoms with van der Waals surface area (Å²) in [4.78, 5) is 5.30. The molecule has 0 radical (unpaired) electrons. The Balaban J connectivity index is 1.24. The molecular formula is C55H43N. The largest absolute Gasteiger partial charge is 0.248 e. The molecule has 1 heterocycles. The number of hydrogen-bond donors (Lipinski definition) is 0. The maximum Gasteiger partial charge on any atom is 0.0715 e. The van der Waals surface area contributed by atoms with Crippen LogP contribution in [0.25, 0.3) is 50.9 Å². The second-order valence-corrected chi connectivity index (χ2v) is 16.4. The summed E-state index contributed by atoms with van der Waals surface area (Å²) >= 11 is 0. The fraction of sp³-hybridized carbons (Fsp3) is 0.145. The summed E-state index contributed by atoms with van der Waals surface area (Å²) in [5, 5.41) is 0. The standard InChI is InChI=1S/C55H43N/c1-54(2)46-26-11-13-28-48(46)55(49-29-14-12-27-47(49)54)45-32-31-39(42-24-15-22-36-17-9-10-23-41(36)42)33-44(45)53-43(25-16-30-50(53)55)40-34-51(37-18-5-3-6-19-37)56-52(35-40)38-20-7-4-8-21-38/h3-8,10-16,18-30,33-35H,9,17,31-32H2,1-2H3. The lowest BCUT2D eigenvalue weighted by Gasteiger charge is -2.48. The molecule has 0 atom stereocenters. The molecule has 11 rings (SSSR count). The summed E-state index contributed by atoms with van der Waals surface area (Å²) in [5.41, 5.74) is 23.2. The summed E-state index contributed by atoms with van der Waals surface area (Å²) in [6.45, 7) is 4.83. The van der Waals surface area contributed by atoms with Gasteiger partial charge in [0.05, 0.1) is 16.8 Å². The highest BCUT2D eigenvalue weighted by atomic mass is 14.7. The molecule has 0 amide bonds. The van der Waals surface area contributed by atoms with E-state index in [9.17, 15) is 0 Å². The number of pyridine rings is 1. The number of allylic oxidation sites excluding steroid dienone is 5. The van der Waals surface area contributed by atoms with Crippen molar-refractivity contribution in [1.82, 2.24) is 4.98 Å². The quantitative estimate of drug-likeness (QED) is 0.177. The van der Waals surface area contributed by atoms with Crippen LogP contribution in [0.4, 0.5) is 0 Å². The van der Waals surface area contributed by atoms with Crippen LogP contribution in [0.5, 0.6) is 0 Å². The Bertz CT molecular complexity index is 2700. The molecule has 0 saturated carbocycles. The third-order valence-corrected chi connectivity index (χ3v) is 13.2. The molecule has 1 aromatic heterocycles. The lowest BCUT2D eigenvalue weighted by molar-refractivity contribution is 0.550. The minimum absolute atomic E-state index is 0.134. The van der Waals surface area contributed by atoms with Gasteiger partial charge in [0.15, 0.2) is 0 Å². The number of rotatable bonds is 4. The zero-order valence-corrected chi connectivity index (χ0v) is 32.0. The van der Waals surface area contributed by atoms with Crippen LogP contribution in [0.2, 0.25) is 0 Å². The molecule has 1 nitrogen and oxygen atoms in total. The van der Waals surface area contributed by atoms with Crippen molar-refractivity contribution in [2.75, 3.05) is 0 Å². The van der Waals surface area contributed by atoms with E-state index in [0.717, 1.165) is 48.2 Å². The molecule has 4 aliphatic carbocycles. The van der Waals surface area contributed by atoms with Crippen LogP contribution in [-0.2, 0) is 17.3 Å². The lowest BCUT2D eigenvalue weighted by Crippen LogP contribution is -2.41. The monoisotopic (exact) mass is 717 g/mol. The minimum Gasteiger partial charge on any atom is -0.248 e. The molecule has 56 heavy (non-hydrogen) atoms. The molecule has 0 N–H and O–H groups in total. The Labute approximate surface area is 330 Å². The number of benzene rings is 6. The first-order valence-electron chi connectivity index (χ1n) is 20.2. The molecule has 0 fully saturated rings. The fourth-order valence-electron chi connectivity index (χ4n) is 10.7. The molecule has 1 heteroatoms. The van der Waals surface area contributed by atoms with Gasteiger partial charge in [-0.1, -0.05) is 178 Å². The van der Waals surface area contributed by atoms with Gasteiger partial charge in [-0.05, 0) is 116 Å². The maximum absolute atomic E-state index is 5.30. The maximum atomic E-state index is 5.30. The third kappa shape index (κ3) is 4.77. The minimum atomic E-state index is -0.404. The van der Waals surface area contributed by atoms with Crippen LogP contribution in [-0.4, -0.2) is 4.98 Å². The van der Waals surface area contributed by atoms with E-state index < -0.39 is 5.41 Å². The summed E-state index contributed by atoms with van der Waals surface area (Å²) in [6.07, 6.45) is 11.5. The Kier molecular flexibility index (Phi) is 7.45. The Hall–Kier alpha value is -6.31. The van der Waals surface area contributed by atoms with Crippen molar-refractivity contribution in [3.05, 3.63) is 226 Å². The normalized spacial score (nSPS) is 16.7. The highest BCUT2D eigenvalue weighted by Gasteiger charge is 2.54. The van der Waals surface area contributed by atoms with E-state index in [1.165, 1.54) is 77.9 Å². The SMILES string of the molecule is CC1(C)c2ccccc2C2(C3=C(C=C(c4cccc5c4C=CCC5)CC3)c3c(-c4cc(-c5ccccc5)nc(-c5ccccc5)c4)cccc32)c2ccccc21. The molecule has 7 aromatic rings. The Morgan fingerprint density at radius 2 is 1.07 bits per heavy atom. The van der Waals surface area contributed by atoms with Crippen molar-refractivity contribution in [3.63, 3.8) is 0 Å². The van der Waals surface area contributed by atoms with Crippen molar-refractivity contribution in [2.45, 2.75) is 50.4 Å². The summed E-state index contributed by atoms with van der Waals surface area (Å²) in [6, 6.07) is 58.7. The smallest absolute Gasteiger partial charge is 0.0715 e. The summed E-state index contributed by atoms with van der Waals surface area (Å²) in [7, 11) is 0. The first-order chi connectivity index (χ1) is 27.5. The third-order valence-electron chi connectivity index (χ3n) is 13.2. The Morgan fingerprint density at radius 3 is 1.73 bits per heavy atom. The zero-order valence-electron chi connectivity index (χ0n) is 32.0. The predicted octanol–water partition coefficient (Wildman–Crippen LogP) is 13.7. The van der Waals surface area contributed by atoms with E-state index >= 15 is 0 Å². The first-order valence-corrected chi connectivity index (χ1v) is 20.2. The molecule has 1 spiro atoms. The van der Waals surface area contributed by atoms with Gasteiger partial charge in [-0.2, -0.15) is 0 Å². The van der Waals surface area contributed by atoms with E-state index in [1.807, 2.05) is 0 Å². The van der Waals surface area contributed by atoms with Crippen LogP contribution in [0.3, 0.4) is 0 Å². The topological polar surface area (TPSA) is 12.9 Å². The van der Waals surface area contributed by atoms with E-state index in [-0.39, 0.29) is 5.41 Å². The Morgan fingerprint density at radius 1 is 0.500 bits per heavy atom. The van der Waals surface area contributed by atoms with Crippen molar-refractivity contribution >= 4 is 17.2 Å². The zero-order chi connectivity index (χ0) is 37.4. The van der Waals surface area contributed by atoms with Crippen LogP contribution in [0, 0.1) is 0 Å². The average molecular weight is 718 g/mol. The second kappa shape index (κ2) is 12.6. The van der Waals surface area contributed by atoms with E-state index in [4.69, 9.17) is 4.98 Å². The molecule has 0 aliphatic heterocycles. The first kappa shape index (κ1) is 33.1. The van der Waals surface area contributed by atoms with Crippen molar-refractivity contribution in [3.8, 4) is 33.6 Å². The number of nitrogens with zero attached hydrogens (tertiary/aromatic N) is 1. The van der Waals surface area contributed by atoms with Gasteiger partial charge in [0.25, 0.3) is 0 Å².